The molecule has 2 heterocycles. The van der Waals surface area contributed by atoms with Crippen LogP contribution in [0.25, 0.3) is 0 Å². The molecule has 2 aromatic heterocycles. The van der Waals surface area contributed by atoms with Gasteiger partial charge in [0.25, 0.3) is 0 Å². The van der Waals surface area contributed by atoms with Crippen molar-refractivity contribution in [1.29, 1.82) is 0 Å². The summed E-state index contributed by atoms with van der Waals surface area (Å²) in [6.07, 6.45) is 1.75. The van der Waals surface area contributed by atoms with E-state index in [0.717, 1.165) is 16.3 Å². The van der Waals surface area contributed by atoms with E-state index in [1.165, 1.54) is 0 Å². The average molecular weight is 252 g/mol. The Balaban J connectivity index is 1.99. The van der Waals surface area contributed by atoms with Crippen molar-refractivity contribution in [1.82, 2.24) is 9.97 Å². The second-order valence-electron chi connectivity index (χ2n) is 3.16. The van der Waals surface area contributed by atoms with Crippen molar-refractivity contribution in [2.75, 3.05) is 5.73 Å². The molecular weight excluding hydrogens is 242 g/mol. The summed E-state index contributed by atoms with van der Waals surface area (Å²) in [6.45, 7) is 0. The van der Waals surface area contributed by atoms with Crippen LogP contribution in [0.1, 0.15) is 5.69 Å². The van der Waals surface area contributed by atoms with Crippen LogP contribution in [0.15, 0.2) is 41.4 Å². The summed E-state index contributed by atoms with van der Waals surface area (Å²) in [4.78, 5) is 9.29. The standard InChI is InChI=1S/C11H10ClN3S/c12-10-3-1-2-8(15-10)7-16-9-4-5-11(13)14-6-9/h1-6H,7H2,(H2,13,14). The van der Waals surface area contributed by atoms with Crippen LogP contribution in [-0.4, -0.2) is 9.97 Å². The van der Waals surface area contributed by atoms with Crippen LogP contribution in [0.4, 0.5) is 5.82 Å². The second-order valence-corrected chi connectivity index (χ2v) is 4.60. The van der Waals surface area contributed by atoms with Crippen LogP contribution in [0, 0.1) is 0 Å². The number of rotatable bonds is 3. The van der Waals surface area contributed by atoms with Gasteiger partial charge in [0.2, 0.25) is 0 Å². The molecule has 0 unspecified atom stereocenters. The van der Waals surface area contributed by atoms with Crippen LogP contribution in [0.5, 0.6) is 0 Å². The summed E-state index contributed by atoms with van der Waals surface area (Å²) >= 11 is 7.45. The fourth-order valence-corrected chi connectivity index (χ4v) is 2.11. The molecule has 0 saturated heterocycles. The van der Waals surface area contributed by atoms with Crippen molar-refractivity contribution < 1.29 is 0 Å². The lowest BCUT2D eigenvalue weighted by Gasteiger charge is -2.01. The zero-order chi connectivity index (χ0) is 11.4. The maximum Gasteiger partial charge on any atom is 0.129 e. The molecule has 0 aliphatic heterocycles. The SMILES string of the molecule is Nc1ccc(SCc2cccc(Cl)n2)cn1. The minimum Gasteiger partial charge on any atom is -0.384 e. The molecule has 0 spiro atoms. The van der Waals surface area contributed by atoms with Gasteiger partial charge in [0.05, 0.1) is 5.69 Å². The highest BCUT2D eigenvalue weighted by Gasteiger charge is 1.99. The number of halogens is 1. The lowest BCUT2D eigenvalue weighted by atomic mass is 10.4. The van der Waals surface area contributed by atoms with Gasteiger partial charge in [-0.2, -0.15) is 0 Å². The fourth-order valence-electron chi connectivity index (χ4n) is 1.17. The summed E-state index contributed by atoms with van der Waals surface area (Å²) in [5.41, 5.74) is 6.46. The number of aromatic nitrogens is 2. The first-order valence-corrected chi connectivity index (χ1v) is 6.06. The molecule has 5 heteroatoms. The molecule has 0 aliphatic carbocycles. The minimum absolute atomic E-state index is 0.522. The molecule has 0 aromatic carbocycles. The summed E-state index contributed by atoms with van der Waals surface area (Å²) in [7, 11) is 0. The highest BCUT2D eigenvalue weighted by Crippen LogP contribution is 2.22. The lowest BCUT2D eigenvalue weighted by Crippen LogP contribution is -1.89. The summed E-state index contributed by atoms with van der Waals surface area (Å²) in [5.74, 6) is 1.30. The van der Waals surface area contributed by atoms with Gasteiger partial charge in [-0.25, -0.2) is 9.97 Å². The zero-order valence-corrected chi connectivity index (χ0v) is 10.0. The van der Waals surface area contributed by atoms with Gasteiger partial charge >= 0.3 is 0 Å². The van der Waals surface area contributed by atoms with Crippen LogP contribution >= 0.6 is 23.4 Å². The van der Waals surface area contributed by atoms with Crippen LogP contribution in [0.2, 0.25) is 5.15 Å². The Labute approximate surface area is 103 Å². The predicted molar refractivity (Wildman–Crippen MR) is 67.5 cm³/mol. The number of thioether (sulfide) groups is 1. The molecule has 2 rings (SSSR count). The molecule has 0 saturated carbocycles. The van der Waals surface area contributed by atoms with E-state index in [1.807, 2.05) is 18.2 Å². The molecule has 0 bridgehead atoms. The van der Waals surface area contributed by atoms with Gasteiger partial charge in [0.1, 0.15) is 11.0 Å². The van der Waals surface area contributed by atoms with E-state index in [0.29, 0.717) is 11.0 Å². The van der Waals surface area contributed by atoms with E-state index in [-0.39, 0.29) is 0 Å². The molecule has 0 fully saturated rings. The monoisotopic (exact) mass is 251 g/mol. The molecule has 16 heavy (non-hydrogen) atoms. The summed E-state index contributed by atoms with van der Waals surface area (Å²) in [6, 6.07) is 9.34. The Morgan fingerprint density at radius 3 is 2.81 bits per heavy atom. The van der Waals surface area contributed by atoms with E-state index in [2.05, 4.69) is 9.97 Å². The van der Waals surface area contributed by atoms with Crippen LogP contribution < -0.4 is 5.73 Å². The minimum atomic E-state index is 0.522. The second kappa shape index (κ2) is 5.18. The maximum atomic E-state index is 5.80. The van der Waals surface area contributed by atoms with Crippen molar-refractivity contribution in [2.45, 2.75) is 10.6 Å². The third-order valence-corrected chi connectivity index (χ3v) is 3.14. The topological polar surface area (TPSA) is 51.8 Å². The number of nitrogen functional groups attached to an aromatic ring is 1. The quantitative estimate of drug-likeness (QED) is 0.673. The number of nitrogens with zero attached hydrogens (tertiary/aromatic N) is 2. The Morgan fingerprint density at radius 1 is 1.25 bits per heavy atom. The molecular formula is C11H10ClN3S. The average Bonchev–Trinajstić information content (AvgIpc) is 2.28. The Kier molecular flexibility index (Phi) is 3.64. The van der Waals surface area contributed by atoms with Crippen LogP contribution in [-0.2, 0) is 5.75 Å². The van der Waals surface area contributed by atoms with Gasteiger partial charge in [0, 0.05) is 16.8 Å². The van der Waals surface area contributed by atoms with Crippen molar-refractivity contribution >= 4 is 29.2 Å². The number of hydrogen-bond donors (Lipinski definition) is 1. The molecule has 0 aliphatic rings. The van der Waals surface area contributed by atoms with Gasteiger partial charge in [0.15, 0.2) is 0 Å². The van der Waals surface area contributed by atoms with Gasteiger partial charge < -0.3 is 5.73 Å². The molecule has 3 nitrogen and oxygen atoms in total. The van der Waals surface area contributed by atoms with Gasteiger partial charge in [-0.15, -0.1) is 11.8 Å². The molecule has 2 N–H and O–H groups in total. The first-order valence-electron chi connectivity index (χ1n) is 4.70. The van der Waals surface area contributed by atoms with E-state index in [4.69, 9.17) is 17.3 Å². The maximum absolute atomic E-state index is 5.80. The molecule has 2 aromatic rings. The largest absolute Gasteiger partial charge is 0.384 e. The normalized spacial score (nSPS) is 10.3. The smallest absolute Gasteiger partial charge is 0.129 e. The third kappa shape index (κ3) is 3.12. The summed E-state index contributed by atoms with van der Waals surface area (Å²) < 4.78 is 0. The molecule has 0 amide bonds. The highest BCUT2D eigenvalue weighted by atomic mass is 35.5. The van der Waals surface area contributed by atoms with Gasteiger partial charge in [-0.1, -0.05) is 17.7 Å². The van der Waals surface area contributed by atoms with Crippen molar-refractivity contribution in [3.8, 4) is 0 Å². The van der Waals surface area contributed by atoms with E-state index in [1.54, 1.807) is 30.1 Å². The molecule has 82 valence electrons. The number of pyridine rings is 2. The number of hydrogen-bond acceptors (Lipinski definition) is 4. The fraction of sp³-hybridized carbons (Fsp3) is 0.0909. The summed E-state index contributed by atoms with van der Waals surface area (Å²) in [5, 5.41) is 0.522. The molecule has 0 radical (unpaired) electrons. The Hall–Kier alpha value is -1.26. The van der Waals surface area contributed by atoms with E-state index < -0.39 is 0 Å². The van der Waals surface area contributed by atoms with Crippen molar-refractivity contribution in [3.05, 3.63) is 47.4 Å². The van der Waals surface area contributed by atoms with E-state index in [9.17, 15) is 0 Å². The van der Waals surface area contributed by atoms with E-state index >= 15 is 0 Å². The molecule has 0 atom stereocenters. The third-order valence-electron chi connectivity index (χ3n) is 1.92. The first-order chi connectivity index (χ1) is 7.74. The number of nitrogens with two attached hydrogens (primary N) is 1. The predicted octanol–water partition coefficient (Wildman–Crippen LogP) is 3.00. The van der Waals surface area contributed by atoms with Gasteiger partial charge in [-0.05, 0) is 24.3 Å². The lowest BCUT2D eigenvalue weighted by molar-refractivity contribution is 1.17. The van der Waals surface area contributed by atoms with Crippen molar-refractivity contribution in [3.63, 3.8) is 0 Å². The van der Waals surface area contributed by atoms with Gasteiger partial charge in [-0.3, -0.25) is 0 Å². The zero-order valence-electron chi connectivity index (χ0n) is 8.43. The Bertz CT molecular complexity index is 473. The number of anilines is 1. The Morgan fingerprint density at radius 2 is 2.12 bits per heavy atom. The highest BCUT2D eigenvalue weighted by molar-refractivity contribution is 7.98. The van der Waals surface area contributed by atoms with Crippen LogP contribution in [0.3, 0.4) is 0 Å². The van der Waals surface area contributed by atoms with Crippen molar-refractivity contribution in [2.24, 2.45) is 0 Å². The first kappa shape index (κ1) is 11.2.